The van der Waals surface area contributed by atoms with Gasteiger partial charge in [0.15, 0.2) is 0 Å². The zero-order valence-electron chi connectivity index (χ0n) is 12.7. The van der Waals surface area contributed by atoms with Gasteiger partial charge in [-0.3, -0.25) is 0 Å². The van der Waals surface area contributed by atoms with Gasteiger partial charge < -0.3 is 0 Å². The molecule has 0 heterocycles. The lowest BCUT2D eigenvalue weighted by Crippen LogP contribution is -1.92. The van der Waals surface area contributed by atoms with Gasteiger partial charge >= 0.3 is 0 Å². The summed E-state index contributed by atoms with van der Waals surface area (Å²) in [5, 5.41) is 0. The highest BCUT2D eigenvalue weighted by atomic mass is 14.1. The van der Waals surface area contributed by atoms with Crippen molar-refractivity contribution in [1.29, 1.82) is 0 Å². The van der Waals surface area contributed by atoms with Gasteiger partial charge in [0.1, 0.15) is 0 Å². The predicted octanol–water partition coefficient (Wildman–Crippen LogP) is 5.60. The minimum absolute atomic E-state index is 1.08. The molecule has 0 aliphatic heterocycles. The second kappa shape index (κ2) is 9.54. The topological polar surface area (TPSA) is 0 Å². The van der Waals surface area contributed by atoms with Crippen molar-refractivity contribution in [3.63, 3.8) is 0 Å². The Bertz CT molecular complexity index is 428. The maximum absolute atomic E-state index is 3.19. The Kier molecular flexibility index (Phi) is 8.76. The molecular formula is C18H26. The van der Waals surface area contributed by atoms with Crippen LogP contribution in [0.2, 0.25) is 0 Å². The van der Waals surface area contributed by atoms with E-state index in [1.54, 1.807) is 0 Å². The van der Waals surface area contributed by atoms with Gasteiger partial charge in [0.25, 0.3) is 0 Å². The molecule has 0 atom stereocenters. The van der Waals surface area contributed by atoms with Gasteiger partial charge in [0, 0.05) is 5.57 Å². The van der Waals surface area contributed by atoms with Crippen LogP contribution in [0.5, 0.6) is 0 Å². The van der Waals surface area contributed by atoms with Crippen LogP contribution in [0.25, 0.3) is 0 Å². The monoisotopic (exact) mass is 242 g/mol. The second-order valence-corrected chi connectivity index (χ2v) is 4.36. The minimum atomic E-state index is 1.08. The molecule has 0 radical (unpaired) electrons. The largest absolute Gasteiger partial charge is 0.102 e. The average molecular weight is 242 g/mol. The van der Waals surface area contributed by atoms with E-state index in [4.69, 9.17) is 0 Å². The third kappa shape index (κ3) is 5.73. The van der Waals surface area contributed by atoms with E-state index in [0.29, 0.717) is 0 Å². The van der Waals surface area contributed by atoms with Crippen molar-refractivity contribution in [3.05, 3.63) is 46.6 Å². The molecule has 0 aromatic heterocycles. The molecule has 0 spiro atoms. The Morgan fingerprint density at radius 1 is 1.17 bits per heavy atom. The quantitative estimate of drug-likeness (QED) is 0.435. The van der Waals surface area contributed by atoms with E-state index in [0.717, 1.165) is 12.8 Å². The van der Waals surface area contributed by atoms with Crippen molar-refractivity contribution < 1.29 is 0 Å². The Hall–Kier alpha value is -1.48. The number of allylic oxidation sites excluding steroid dienone is 8. The standard InChI is InChI=1S/C18H26/c1-7-11-15(5)14-17(10-4)18(13-9-3)16(6)12-8-2/h7,10-11,14H,9,13H2,1-6H3/b11-7-,15-14-,17-10+,18-16+. The summed E-state index contributed by atoms with van der Waals surface area (Å²) in [5.41, 5.74) is 5.14. The summed E-state index contributed by atoms with van der Waals surface area (Å²) < 4.78 is 0. The maximum atomic E-state index is 3.19. The Balaban J connectivity index is 5.51. The van der Waals surface area contributed by atoms with Crippen molar-refractivity contribution in [2.24, 2.45) is 0 Å². The van der Waals surface area contributed by atoms with E-state index in [2.05, 4.69) is 63.8 Å². The van der Waals surface area contributed by atoms with Crippen molar-refractivity contribution in [3.8, 4) is 11.8 Å². The molecule has 0 aliphatic carbocycles. The van der Waals surface area contributed by atoms with E-state index in [9.17, 15) is 0 Å². The molecular weight excluding hydrogens is 216 g/mol. The van der Waals surface area contributed by atoms with E-state index in [-0.39, 0.29) is 0 Å². The average Bonchev–Trinajstić information content (AvgIpc) is 2.34. The lowest BCUT2D eigenvalue weighted by molar-refractivity contribution is 0.908. The summed E-state index contributed by atoms with van der Waals surface area (Å²) in [5.74, 6) is 6.19. The van der Waals surface area contributed by atoms with E-state index in [1.165, 1.54) is 22.3 Å². The smallest absolute Gasteiger partial charge is 0.00269 e. The molecule has 0 nitrogen and oxygen atoms in total. The van der Waals surface area contributed by atoms with Crippen LogP contribution in [0, 0.1) is 11.8 Å². The van der Waals surface area contributed by atoms with Crippen LogP contribution in [-0.2, 0) is 0 Å². The van der Waals surface area contributed by atoms with Crippen LogP contribution in [0.15, 0.2) is 46.6 Å². The first kappa shape index (κ1) is 16.5. The van der Waals surface area contributed by atoms with E-state index in [1.807, 2.05) is 13.8 Å². The van der Waals surface area contributed by atoms with Crippen LogP contribution in [0.1, 0.15) is 54.4 Å². The molecule has 0 rings (SSSR count). The normalized spacial score (nSPS) is 14.3. The molecule has 0 N–H and O–H groups in total. The van der Waals surface area contributed by atoms with Gasteiger partial charge in [0.2, 0.25) is 0 Å². The lowest BCUT2D eigenvalue weighted by Gasteiger charge is -2.10. The zero-order valence-corrected chi connectivity index (χ0v) is 12.7. The summed E-state index contributed by atoms with van der Waals surface area (Å²) in [4.78, 5) is 0. The van der Waals surface area contributed by atoms with Crippen molar-refractivity contribution in [2.75, 3.05) is 0 Å². The summed E-state index contributed by atoms with van der Waals surface area (Å²) >= 11 is 0. The highest BCUT2D eigenvalue weighted by Gasteiger charge is 2.04. The first-order valence-corrected chi connectivity index (χ1v) is 6.70. The molecule has 0 aliphatic rings. The van der Waals surface area contributed by atoms with Crippen LogP contribution < -0.4 is 0 Å². The molecule has 0 aromatic rings. The number of hydrogen-bond acceptors (Lipinski definition) is 0. The molecule has 0 amide bonds. The van der Waals surface area contributed by atoms with Gasteiger partial charge in [-0.2, -0.15) is 0 Å². The van der Waals surface area contributed by atoms with E-state index >= 15 is 0 Å². The molecule has 0 heteroatoms. The third-order valence-electron chi connectivity index (χ3n) is 2.74. The minimum Gasteiger partial charge on any atom is -0.102 e. The molecule has 98 valence electrons. The molecule has 0 bridgehead atoms. The fourth-order valence-electron chi connectivity index (χ4n) is 1.96. The molecule has 0 saturated heterocycles. The van der Waals surface area contributed by atoms with Gasteiger partial charge in [-0.05, 0) is 52.2 Å². The first-order valence-electron chi connectivity index (χ1n) is 6.70. The van der Waals surface area contributed by atoms with Crippen LogP contribution in [0.4, 0.5) is 0 Å². The highest BCUT2D eigenvalue weighted by Crippen LogP contribution is 2.22. The maximum Gasteiger partial charge on any atom is 0.00269 e. The molecule has 0 fully saturated rings. The molecule has 0 saturated carbocycles. The van der Waals surface area contributed by atoms with Gasteiger partial charge in [0.05, 0.1) is 0 Å². The zero-order chi connectivity index (χ0) is 14.0. The second-order valence-electron chi connectivity index (χ2n) is 4.36. The van der Waals surface area contributed by atoms with Gasteiger partial charge in [-0.15, -0.1) is 5.92 Å². The summed E-state index contributed by atoms with van der Waals surface area (Å²) in [6, 6.07) is 0. The van der Waals surface area contributed by atoms with Crippen molar-refractivity contribution >= 4 is 0 Å². The summed E-state index contributed by atoms with van der Waals surface area (Å²) in [6.45, 7) is 12.5. The van der Waals surface area contributed by atoms with Crippen LogP contribution in [-0.4, -0.2) is 0 Å². The SMILES string of the molecule is CC#C/C(C)=C(CCC)/C(/C=C(C)\C=C/C)=C/C. The van der Waals surface area contributed by atoms with Gasteiger partial charge in [-0.1, -0.05) is 49.1 Å². The number of hydrogen-bond donors (Lipinski definition) is 0. The van der Waals surface area contributed by atoms with Crippen LogP contribution >= 0.6 is 0 Å². The fraction of sp³-hybridized carbons (Fsp3) is 0.444. The molecule has 18 heavy (non-hydrogen) atoms. The van der Waals surface area contributed by atoms with Crippen LogP contribution in [0.3, 0.4) is 0 Å². The number of rotatable bonds is 5. The third-order valence-corrected chi connectivity index (χ3v) is 2.74. The van der Waals surface area contributed by atoms with Gasteiger partial charge in [-0.25, -0.2) is 0 Å². The Labute approximate surface area is 113 Å². The lowest BCUT2D eigenvalue weighted by atomic mass is 9.94. The summed E-state index contributed by atoms with van der Waals surface area (Å²) in [7, 11) is 0. The highest BCUT2D eigenvalue weighted by molar-refractivity contribution is 5.49. The Morgan fingerprint density at radius 2 is 1.83 bits per heavy atom. The van der Waals surface area contributed by atoms with E-state index < -0.39 is 0 Å². The van der Waals surface area contributed by atoms with Crippen molar-refractivity contribution in [2.45, 2.75) is 54.4 Å². The predicted molar refractivity (Wildman–Crippen MR) is 83.4 cm³/mol. The van der Waals surface area contributed by atoms with Crippen molar-refractivity contribution in [1.82, 2.24) is 0 Å². The molecule has 0 unspecified atom stereocenters. The Morgan fingerprint density at radius 3 is 2.28 bits per heavy atom. The first-order chi connectivity index (χ1) is 8.60. The molecule has 0 aromatic carbocycles. The summed E-state index contributed by atoms with van der Waals surface area (Å²) in [6.07, 6.45) is 10.9. The fourth-order valence-corrected chi connectivity index (χ4v) is 1.96.